The standard InChI is InChI=1S/C27H28ClN5O5/c1-17(14-30-27(36)22(35)10-12-34)38-24-7-4-6-21-25(24)26(32-16-31-21)33-18-8-9-23(20(28)13-18)37-15-19-5-2-3-11-29-19/h2-9,11,13,16-17,22,34-35H,10,12,14-15H2,1H3,(H,30,36)(H,31,32,33)/t17-,22?/m1/s1. The molecule has 2 aromatic heterocycles. The number of ether oxygens (including phenoxy) is 2. The van der Waals surface area contributed by atoms with Crippen molar-refractivity contribution < 1.29 is 24.5 Å². The molecule has 0 aliphatic carbocycles. The number of hydrogen-bond acceptors (Lipinski definition) is 9. The first-order valence-corrected chi connectivity index (χ1v) is 12.4. The molecule has 2 aromatic carbocycles. The minimum Gasteiger partial charge on any atom is -0.488 e. The summed E-state index contributed by atoms with van der Waals surface area (Å²) in [6, 6.07) is 16.4. The summed E-state index contributed by atoms with van der Waals surface area (Å²) in [5, 5.41) is 25.6. The van der Waals surface area contributed by atoms with E-state index in [-0.39, 0.29) is 19.6 Å². The molecule has 0 spiro atoms. The largest absolute Gasteiger partial charge is 0.488 e. The van der Waals surface area contributed by atoms with Gasteiger partial charge in [-0.15, -0.1) is 0 Å². The molecule has 2 atom stereocenters. The van der Waals surface area contributed by atoms with Crippen LogP contribution in [0.3, 0.4) is 0 Å². The molecule has 10 nitrogen and oxygen atoms in total. The normalized spacial score (nSPS) is 12.5. The average Bonchev–Trinajstić information content (AvgIpc) is 2.92. The molecule has 198 valence electrons. The van der Waals surface area contributed by atoms with Crippen LogP contribution in [0.15, 0.2) is 67.1 Å². The number of carbonyl (C=O) groups is 1. The molecule has 0 saturated heterocycles. The smallest absolute Gasteiger partial charge is 0.249 e. The molecule has 1 unspecified atom stereocenters. The van der Waals surface area contributed by atoms with Gasteiger partial charge in [0, 0.05) is 24.9 Å². The third-order valence-corrected chi connectivity index (χ3v) is 5.81. The van der Waals surface area contributed by atoms with Crippen molar-refractivity contribution in [2.75, 3.05) is 18.5 Å². The quantitative estimate of drug-likeness (QED) is 0.213. The number of nitrogens with zero attached hydrogens (tertiary/aromatic N) is 3. The van der Waals surface area contributed by atoms with Crippen LogP contribution in [0.5, 0.6) is 11.5 Å². The van der Waals surface area contributed by atoms with Gasteiger partial charge in [-0.3, -0.25) is 9.78 Å². The zero-order valence-electron chi connectivity index (χ0n) is 20.7. The number of aliphatic hydroxyl groups is 2. The van der Waals surface area contributed by atoms with E-state index in [1.54, 1.807) is 31.3 Å². The second kappa shape index (κ2) is 13.0. The maximum atomic E-state index is 11.9. The summed E-state index contributed by atoms with van der Waals surface area (Å²) in [4.78, 5) is 24.9. The summed E-state index contributed by atoms with van der Waals surface area (Å²) in [7, 11) is 0. The molecule has 0 radical (unpaired) electrons. The lowest BCUT2D eigenvalue weighted by atomic mass is 10.2. The highest BCUT2D eigenvalue weighted by molar-refractivity contribution is 6.32. The summed E-state index contributed by atoms with van der Waals surface area (Å²) in [6.07, 6.45) is 1.43. The van der Waals surface area contributed by atoms with Crippen molar-refractivity contribution >= 4 is 39.9 Å². The van der Waals surface area contributed by atoms with Crippen LogP contribution >= 0.6 is 11.6 Å². The van der Waals surface area contributed by atoms with E-state index in [1.807, 2.05) is 36.4 Å². The first-order chi connectivity index (χ1) is 18.4. The van der Waals surface area contributed by atoms with Crippen molar-refractivity contribution in [2.45, 2.75) is 32.2 Å². The van der Waals surface area contributed by atoms with Gasteiger partial charge in [0.2, 0.25) is 5.91 Å². The van der Waals surface area contributed by atoms with Crippen molar-refractivity contribution in [1.82, 2.24) is 20.3 Å². The van der Waals surface area contributed by atoms with Crippen LogP contribution in [0.2, 0.25) is 5.02 Å². The molecular weight excluding hydrogens is 510 g/mol. The first-order valence-electron chi connectivity index (χ1n) is 12.0. The molecule has 38 heavy (non-hydrogen) atoms. The highest BCUT2D eigenvalue weighted by Gasteiger charge is 2.17. The number of anilines is 2. The molecule has 0 bridgehead atoms. The number of rotatable bonds is 12. The van der Waals surface area contributed by atoms with Gasteiger partial charge >= 0.3 is 0 Å². The number of carbonyl (C=O) groups excluding carboxylic acids is 1. The van der Waals surface area contributed by atoms with Gasteiger partial charge in [-0.1, -0.05) is 23.7 Å². The van der Waals surface area contributed by atoms with Gasteiger partial charge in [-0.05, 0) is 49.4 Å². The number of benzene rings is 2. The highest BCUT2D eigenvalue weighted by atomic mass is 35.5. The lowest BCUT2D eigenvalue weighted by Gasteiger charge is -2.19. The van der Waals surface area contributed by atoms with Crippen LogP contribution in [0, 0.1) is 0 Å². The number of fused-ring (bicyclic) bond motifs is 1. The Kier molecular flexibility index (Phi) is 9.26. The topological polar surface area (TPSA) is 139 Å². The molecule has 0 aliphatic heterocycles. The van der Waals surface area contributed by atoms with Crippen LogP contribution < -0.4 is 20.1 Å². The van der Waals surface area contributed by atoms with Crippen molar-refractivity contribution in [1.29, 1.82) is 0 Å². The lowest BCUT2D eigenvalue weighted by molar-refractivity contribution is -0.130. The Morgan fingerprint density at radius 3 is 2.71 bits per heavy atom. The maximum absolute atomic E-state index is 11.9. The Morgan fingerprint density at radius 1 is 1.08 bits per heavy atom. The molecule has 11 heteroatoms. The Labute approximate surface area is 224 Å². The molecule has 0 fully saturated rings. The number of amides is 1. The molecule has 4 N–H and O–H groups in total. The Hall–Kier alpha value is -3.99. The Morgan fingerprint density at radius 2 is 1.95 bits per heavy atom. The fourth-order valence-electron chi connectivity index (χ4n) is 3.61. The Bertz CT molecular complexity index is 1370. The SMILES string of the molecule is C[C@H](CNC(=O)C(O)CCO)Oc1cccc2ncnc(Nc3ccc(OCc4ccccn4)c(Cl)c3)c12. The predicted molar refractivity (Wildman–Crippen MR) is 144 cm³/mol. The van der Waals surface area contributed by atoms with Gasteiger partial charge in [0.1, 0.15) is 42.5 Å². The van der Waals surface area contributed by atoms with E-state index in [0.717, 1.165) is 5.69 Å². The van der Waals surface area contributed by atoms with Crippen LogP contribution in [0.4, 0.5) is 11.5 Å². The molecule has 4 rings (SSSR count). The molecule has 0 aliphatic rings. The summed E-state index contributed by atoms with van der Waals surface area (Å²) >= 11 is 6.47. The van der Waals surface area contributed by atoms with E-state index in [1.165, 1.54) is 6.33 Å². The zero-order valence-corrected chi connectivity index (χ0v) is 21.4. The van der Waals surface area contributed by atoms with E-state index in [0.29, 0.717) is 45.5 Å². The fraction of sp³-hybridized carbons (Fsp3) is 0.259. The van der Waals surface area contributed by atoms with Crippen LogP contribution in [0.1, 0.15) is 19.0 Å². The predicted octanol–water partition coefficient (Wildman–Crippen LogP) is 3.63. The summed E-state index contributed by atoms with van der Waals surface area (Å²) in [6.45, 7) is 1.96. The van der Waals surface area contributed by atoms with Gasteiger partial charge < -0.3 is 30.3 Å². The fourth-order valence-corrected chi connectivity index (χ4v) is 3.85. The monoisotopic (exact) mass is 537 g/mol. The van der Waals surface area contributed by atoms with Crippen molar-refractivity contribution in [3.63, 3.8) is 0 Å². The summed E-state index contributed by atoms with van der Waals surface area (Å²) in [5.74, 6) is 0.991. The van der Waals surface area contributed by atoms with Crippen molar-refractivity contribution in [2.24, 2.45) is 0 Å². The number of aromatic nitrogens is 3. The van der Waals surface area contributed by atoms with E-state index in [2.05, 4.69) is 25.6 Å². The van der Waals surface area contributed by atoms with Gasteiger partial charge in [0.25, 0.3) is 0 Å². The van der Waals surface area contributed by atoms with Crippen LogP contribution in [-0.2, 0) is 11.4 Å². The van der Waals surface area contributed by atoms with Crippen molar-refractivity contribution in [3.8, 4) is 11.5 Å². The highest BCUT2D eigenvalue weighted by Crippen LogP contribution is 2.34. The molecule has 4 aromatic rings. The van der Waals surface area contributed by atoms with Crippen LogP contribution in [-0.4, -0.2) is 56.4 Å². The Balaban J connectivity index is 1.47. The summed E-state index contributed by atoms with van der Waals surface area (Å²) in [5.41, 5.74) is 2.14. The number of hydrogen-bond donors (Lipinski definition) is 4. The van der Waals surface area contributed by atoms with E-state index in [4.69, 9.17) is 26.2 Å². The maximum Gasteiger partial charge on any atom is 0.249 e. The molecule has 1 amide bonds. The zero-order chi connectivity index (χ0) is 26.9. The van der Waals surface area contributed by atoms with Gasteiger partial charge in [0.15, 0.2) is 0 Å². The average molecular weight is 538 g/mol. The summed E-state index contributed by atoms with van der Waals surface area (Å²) < 4.78 is 11.9. The van der Waals surface area contributed by atoms with Gasteiger partial charge in [-0.25, -0.2) is 9.97 Å². The van der Waals surface area contributed by atoms with E-state index in [9.17, 15) is 9.90 Å². The van der Waals surface area contributed by atoms with E-state index >= 15 is 0 Å². The number of aliphatic hydroxyl groups excluding tert-OH is 2. The molecular formula is C27H28ClN5O5. The molecule has 0 saturated carbocycles. The molecule has 2 heterocycles. The van der Waals surface area contributed by atoms with Gasteiger partial charge in [0.05, 0.1) is 28.2 Å². The number of halogens is 1. The number of nitrogens with one attached hydrogen (secondary N) is 2. The first kappa shape index (κ1) is 27.1. The number of pyridine rings is 1. The second-order valence-electron chi connectivity index (χ2n) is 8.45. The van der Waals surface area contributed by atoms with Crippen molar-refractivity contribution in [3.05, 3.63) is 77.8 Å². The third kappa shape index (κ3) is 7.06. The van der Waals surface area contributed by atoms with Gasteiger partial charge in [-0.2, -0.15) is 0 Å². The van der Waals surface area contributed by atoms with E-state index < -0.39 is 18.1 Å². The third-order valence-electron chi connectivity index (χ3n) is 5.52. The van der Waals surface area contributed by atoms with Crippen LogP contribution in [0.25, 0.3) is 10.9 Å². The second-order valence-corrected chi connectivity index (χ2v) is 8.86. The minimum absolute atomic E-state index is 0.0296. The minimum atomic E-state index is -1.27. The lowest BCUT2D eigenvalue weighted by Crippen LogP contribution is -2.40.